The molecule has 3 amide bonds. The first-order chi connectivity index (χ1) is 13.0. The van der Waals surface area contributed by atoms with E-state index in [9.17, 15) is 18.8 Å². The first-order valence-electron chi connectivity index (χ1n) is 8.80. The van der Waals surface area contributed by atoms with Gasteiger partial charge in [0.25, 0.3) is 0 Å². The SMILES string of the molecule is O=C(O)CCNC(=O)NCC(Cc1cccc(F)c1)C(=O)N1CCOCC1. The molecule has 27 heavy (non-hydrogen) atoms. The summed E-state index contributed by atoms with van der Waals surface area (Å²) in [7, 11) is 0. The van der Waals surface area contributed by atoms with Crippen molar-refractivity contribution in [3.63, 3.8) is 0 Å². The predicted octanol–water partition coefficient (Wildman–Crippen LogP) is 0.617. The molecule has 1 heterocycles. The van der Waals surface area contributed by atoms with Crippen molar-refractivity contribution in [3.05, 3.63) is 35.6 Å². The fourth-order valence-electron chi connectivity index (χ4n) is 2.80. The monoisotopic (exact) mass is 381 g/mol. The number of carbonyl (C=O) groups excluding carboxylic acids is 2. The second-order valence-electron chi connectivity index (χ2n) is 6.25. The van der Waals surface area contributed by atoms with Gasteiger partial charge in [-0.1, -0.05) is 12.1 Å². The highest BCUT2D eigenvalue weighted by Crippen LogP contribution is 2.14. The van der Waals surface area contributed by atoms with Gasteiger partial charge < -0.3 is 25.4 Å². The van der Waals surface area contributed by atoms with E-state index in [1.54, 1.807) is 17.0 Å². The summed E-state index contributed by atoms with van der Waals surface area (Å²) in [5.74, 6) is -2.09. The summed E-state index contributed by atoms with van der Waals surface area (Å²) in [5.41, 5.74) is 0.662. The fraction of sp³-hybridized carbons (Fsp3) is 0.500. The Hall–Kier alpha value is -2.68. The van der Waals surface area contributed by atoms with Gasteiger partial charge in [-0.2, -0.15) is 0 Å². The van der Waals surface area contributed by atoms with Gasteiger partial charge in [0.15, 0.2) is 0 Å². The van der Waals surface area contributed by atoms with Gasteiger partial charge in [-0.25, -0.2) is 9.18 Å². The van der Waals surface area contributed by atoms with Crippen LogP contribution in [0.25, 0.3) is 0 Å². The number of nitrogens with zero attached hydrogens (tertiary/aromatic N) is 1. The summed E-state index contributed by atoms with van der Waals surface area (Å²) in [6.07, 6.45) is 0.0935. The van der Waals surface area contributed by atoms with Gasteiger partial charge in [-0.05, 0) is 24.1 Å². The Morgan fingerprint density at radius 3 is 2.63 bits per heavy atom. The highest BCUT2D eigenvalue weighted by atomic mass is 19.1. The van der Waals surface area contributed by atoms with Crippen LogP contribution in [0.3, 0.4) is 0 Å². The molecular formula is C18H24FN3O5. The minimum Gasteiger partial charge on any atom is -0.481 e. The van der Waals surface area contributed by atoms with Crippen LogP contribution in [0.2, 0.25) is 0 Å². The van der Waals surface area contributed by atoms with Crippen molar-refractivity contribution in [2.24, 2.45) is 5.92 Å². The van der Waals surface area contributed by atoms with Gasteiger partial charge in [-0.3, -0.25) is 9.59 Å². The van der Waals surface area contributed by atoms with Crippen LogP contribution in [0.1, 0.15) is 12.0 Å². The molecule has 8 nitrogen and oxygen atoms in total. The quantitative estimate of drug-likeness (QED) is 0.612. The molecule has 1 fully saturated rings. The standard InChI is InChI=1S/C18H24FN3O5/c19-15-3-1-2-13(11-15)10-14(17(25)22-6-8-27-9-7-22)12-21-18(26)20-5-4-16(23)24/h1-3,11,14H,4-10,12H2,(H,23,24)(H2,20,21,26). The number of hydrogen-bond donors (Lipinski definition) is 3. The largest absolute Gasteiger partial charge is 0.481 e. The molecule has 148 valence electrons. The second kappa shape index (κ2) is 10.5. The molecule has 0 radical (unpaired) electrons. The van der Waals surface area contributed by atoms with Crippen molar-refractivity contribution >= 4 is 17.9 Å². The molecule has 1 atom stereocenters. The van der Waals surface area contributed by atoms with Gasteiger partial charge in [0, 0.05) is 26.2 Å². The molecule has 0 aromatic heterocycles. The third-order valence-corrected chi connectivity index (χ3v) is 4.18. The van der Waals surface area contributed by atoms with E-state index in [-0.39, 0.29) is 37.7 Å². The molecular weight excluding hydrogens is 357 g/mol. The van der Waals surface area contributed by atoms with Gasteiger partial charge in [0.2, 0.25) is 5.91 Å². The highest BCUT2D eigenvalue weighted by Gasteiger charge is 2.26. The lowest BCUT2D eigenvalue weighted by Crippen LogP contribution is -2.48. The van der Waals surface area contributed by atoms with Gasteiger partial charge in [-0.15, -0.1) is 0 Å². The van der Waals surface area contributed by atoms with Crippen molar-refractivity contribution < 1.29 is 28.6 Å². The number of urea groups is 1. The first kappa shape index (κ1) is 20.6. The molecule has 2 rings (SSSR count). The molecule has 0 spiro atoms. The smallest absolute Gasteiger partial charge is 0.314 e. The number of carbonyl (C=O) groups is 3. The number of carboxylic acid groups (broad SMARTS) is 1. The van der Waals surface area contributed by atoms with Crippen LogP contribution in [0.15, 0.2) is 24.3 Å². The number of hydrogen-bond acceptors (Lipinski definition) is 4. The zero-order valence-corrected chi connectivity index (χ0v) is 14.9. The molecule has 1 aromatic rings. The van der Waals surface area contributed by atoms with E-state index in [4.69, 9.17) is 9.84 Å². The molecule has 1 unspecified atom stereocenters. The van der Waals surface area contributed by atoms with Gasteiger partial charge in [0.05, 0.1) is 25.6 Å². The number of aliphatic carboxylic acids is 1. The van der Waals surface area contributed by atoms with E-state index in [1.807, 2.05) is 0 Å². The van der Waals surface area contributed by atoms with E-state index in [0.717, 1.165) is 0 Å². The van der Waals surface area contributed by atoms with Crippen molar-refractivity contribution in [2.75, 3.05) is 39.4 Å². The third-order valence-electron chi connectivity index (χ3n) is 4.18. The summed E-state index contributed by atoms with van der Waals surface area (Å²) in [6.45, 7) is 1.92. The summed E-state index contributed by atoms with van der Waals surface area (Å²) >= 11 is 0. The molecule has 1 aliphatic rings. The van der Waals surface area contributed by atoms with Crippen LogP contribution in [0.5, 0.6) is 0 Å². The Kier molecular flexibility index (Phi) is 8.00. The number of morpholine rings is 1. The average molecular weight is 381 g/mol. The van der Waals surface area contributed by atoms with E-state index in [0.29, 0.717) is 31.9 Å². The summed E-state index contributed by atoms with van der Waals surface area (Å²) < 4.78 is 18.7. The van der Waals surface area contributed by atoms with Crippen LogP contribution < -0.4 is 10.6 Å². The molecule has 9 heteroatoms. The van der Waals surface area contributed by atoms with Gasteiger partial charge >= 0.3 is 12.0 Å². The van der Waals surface area contributed by atoms with E-state index >= 15 is 0 Å². The fourth-order valence-corrected chi connectivity index (χ4v) is 2.80. The average Bonchev–Trinajstić information content (AvgIpc) is 2.65. The maximum absolute atomic E-state index is 13.5. The lowest BCUT2D eigenvalue weighted by molar-refractivity contribution is -0.139. The normalized spacial score (nSPS) is 15.1. The number of benzene rings is 1. The zero-order chi connectivity index (χ0) is 19.6. The van der Waals surface area contributed by atoms with E-state index in [1.165, 1.54) is 12.1 Å². The molecule has 0 saturated carbocycles. The van der Waals surface area contributed by atoms with Crippen LogP contribution in [-0.4, -0.2) is 67.3 Å². The lowest BCUT2D eigenvalue weighted by Gasteiger charge is -2.30. The Morgan fingerprint density at radius 1 is 1.22 bits per heavy atom. The second-order valence-corrected chi connectivity index (χ2v) is 6.25. The maximum atomic E-state index is 13.5. The summed E-state index contributed by atoms with van der Waals surface area (Å²) in [4.78, 5) is 36.8. The Labute approximate surface area is 156 Å². The molecule has 0 aliphatic carbocycles. The van der Waals surface area contributed by atoms with Crippen molar-refractivity contribution in [2.45, 2.75) is 12.8 Å². The minimum absolute atomic E-state index is 0.00681. The summed E-state index contributed by atoms with van der Waals surface area (Å²) in [6, 6.07) is 5.46. The highest BCUT2D eigenvalue weighted by molar-refractivity contribution is 5.81. The molecule has 1 saturated heterocycles. The molecule has 0 bridgehead atoms. The number of amides is 3. The van der Waals surface area contributed by atoms with Crippen LogP contribution >= 0.6 is 0 Å². The topological polar surface area (TPSA) is 108 Å². The number of ether oxygens (including phenoxy) is 1. The Balaban J connectivity index is 1.96. The zero-order valence-electron chi connectivity index (χ0n) is 14.9. The van der Waals surface area contributed by atoms with Crippen molar-refractivity contribution in [1.29, 1.82) is 0 Å². The predicted molar refractivity (Wildman–Crippen MR) is 94.6 cm³/mol. The maximum Gasteiger partial charge on any atom is 0.314 e. The van der Waals surface area contributed by atoms with Crippen molar-refractivity contribution in [1.82, 2.24) is 15.5 Å². The van der Waals surface area contributed by atoms with Gasteiger partial charge in [0.1, 0.15) is 5.82 Å². The van der Waals surface area contributed by atoms with Crippen molar-refractivity contribution in [3.8, 4) is 0 Å². The van der Waals surface area contributed by atoms with E-state index in [2.05, 4.69) is 10.6 Å². The Morgan fingerprint density at radius 2 is 1.96 bits per heavy atom. The molecule has 1 aromatic carbocycles. The lowest BCUT2D eigenvalue weighted by atomic mass is 9.97. The molecule has 3 N–H and O–H groups in total. The number of halogens is 1. The number of nitrogens with one attached hydrogen (secondary N) is 2. The van der Waals surface area contributed by atoms with E-state index < -0.39 is 17.9 Å². The first-order valence-corrected chi connectivity index (χ1v) is 8.80. The summed E-state index contributed by atoms with van der Waals surface area (Å²) in [5, 5.41) is 13.6. The van der Waals surface area contributed by atoms with Crippen LogP contribution in [0.4, 0.5) is 9.18 Å². The molecule has 1 aliphatic heterocycles. The van der Waals surface area contributed by atoms with Crippen LogP contribution in [-0.2, 0) is 20.7 Å². The Bertz CT molecular complexity index is 664. The number of rotatable bonds is 8. The number of carboxylic acids is 1. The minimum atomic E-state index is -1.01. The third kappa shape index (κ3) is 7.22. The van der Waals surface area contributed by atoms with Crippen LogP contribution in [0, 0.1) is 11.7 Å².